The average molecular weight is 353 g/mol. The normalized spacial score (nSPS) is 10.0. The molecule has 1 N–H and O–H groups in total. The zero-order valence-corrected chi connectivity index (χ0v) is 14.9. The number of nitrogens with one attached hydrogen (secondary N) is 1. The Bertz CT molecular complexity index is 730. The fraction of sp³-hybridized carbons (Fsp3) is 0.250. The molecule has 0 fully saturated rings. The summed E-state index contributed by atoms with van der Waals surface area (Å²) in [7, 11) is 0. The molecular weight excluding hydrogens is 330 g/mol. The molecule has 1 heterocycles. The summed E-state index contributed by atoms with van der Waals surface area (Å²) in [6.07, 6.45) is 3.79. The largest absolute Gasteiger partial charge is 0.484 e. The molecule has 0 aliphatic rings. The van der Waals surface area contributed by atoms with Gasteiger partial charge >= 0.3 is 0 Å². The van der Waals surface area contributed by atoms with Gasteiger partial charge in [0.05, 0.1) is 12.2 Å². The third kappa shape index (κ3) is 6.05. The van der Waals surface area contributed by atoms with Crippen LogP contribution in [0.1, 0.15) is 19.0 Å². The first-order chi connectivity index (χ1) is 12.6. The van der Waals surface area contributed by atoms with Crippen LogP contribution in [-0.2, 0) is 16.1 Å². The van der Waals surface area contributed by atoms with Crippen LogP contribution >= 0.6 is 0 Å². The zero-order valence-electron chi connectivity index (χ0n) is 14.9. The van der Waals surface area contributed by atoms with Gasteiger partial charge in [0.25, 0.3) is 5.91 Å². The first-order valence-corrected chi connectivity index (χ1v) is 8.43. The van der Waals surface area contributed by atoms with Crippen LogP contribution in [0, 0.1) is 0 Å². The SMILES string of the molecule is C=CCN(Cc1ccccn1)C(=O)COc1ccc(NC(=O)CC)cc1. The van der Waals surface area contributed by atoms with Crippen LogP contribution in [0.4, 0.5) is 5.69 Å². The van der Waals surface area contributed by atoms with Crippen LogP contribution in [0.5, 0.6) is 5.75 Å². The maximum absolute atomic E-state index is 12.4. The number of benzene rings is 1. The lowest BCUT2D eigenvalue weighted by atomic mass is 10.3. The number of nitrogens with zero attached hydrogens (tertiary/aromatic N) is 2. The summed E-state index contributed by atoms with van der Waals surface area (Å²) in [6, 6.07) is 12.5. The fourth-order valence-corrected chi connectivity index (χ4v) is 2.22. The highest BCUT2D eigenvalue weighted by atomic mass is 16.5. The number of hydrogen-bond donors (Lipinski definition) is 1. The van der Waals surface area contributed by atoms with Crippen molar-refractivity contribution in [3.05, 3.63) is 67.0 Å². The maximum Gasteiger partial charge on any atom is 0.261 e. The molecule has 2 aromatic rings. The lowest BCUT2D eigenvalue weighted by Gasteiger charge is -2.21. The smallest absolute Gasteiger partial charge is 0.261 e. The monoisotopic (exact) mass is 353 g/mol. The Labute approximate surface area is 153 Å². The van der Waals surface area contributed by atoms with Crippen molar-refractivity contribution in [2.45, 2.75) is 19.9 Å². The molecule has 6 heteroatoms. The van der Waals surface area contributed by atoms with E-state index in [9.17, 15) is 9.59 Å². The Hall–Kier alpha value is -3.15. The molecule has 2 amide bonds. The number of pyridine rings is 1. The average Bonchev–Trinajstić information content (AvgIpc) is 2.67. The summed E-state index contributed by atoms with van der Waals surface area (Å²) in [5, 5.41) is 2.76. The van der Waals surface area contributed by atoms with Crippen LogP contribution in [0.2, 0.25) is 0 Å². The highest BCUT2D eigenvalue weighted by molar-refractivity contribution is 5.90. The van der Waals surface area contributed by atoms with E-state index in [2.05, 4.69) is 16.9 Å². The van der Waals surface area contributed by atoms with E-state index >= 15 is 0 Å². The minimum absolute atomic E-state index is 0.0524. The number of amides is 2. The first-order valence-electron chi connectivity index (χ1n) is 8.43. The molecule has 0 saturated heterocycles. The van der Waals surface area contributed by atoms with Crippen molar-refractivity contribution in [2.75, 3.05) is 18.5 Å². The molecule has 2 rings (SSSR count). The molecule has 136 valence electrons. The summed E-state index contributed by atoms with van der Waals surface area (Å²) in [5.74, 6) is 0.353. The van der Waals surface area contributed by atoms with Crippen LogP contribution in [0.3, 0.4) is 0 Å². The van der Waals surface area contributed by atoms with E-state index < -0.39 is 0 Å². The predicted molar refractivity (Wildman–Crippen MR) is 101 cm³/mol. The molecule has 0 unspecified atom stereocenters. The second kappa shape index (κ2) is 9.98. The lowest BCUT2D eigenvalue weighted by molar-refractivity contribution is -0.133. The number of rotatable bonds is 9. The molecule has 0 radical (unpaired) electrons. The van der Waals surface area contributed by atoms with Gasteiger partial charge in [0.15, 0.2) is 6.61 Å². The van der Waals surface area contributed by atoms with Crippen molar-refractivity contribution < 1.29 is 14.3 Å². The minimum atomic E-state index is -0.154. The van der Waals surface area contributed by atoms with Crippen LogP contribution < -0.4 is 10.1 Å². The molecule has 0 saturated carbocycles. The third-order valence-electron chi connectivity index (χ3n) is 3.60. The van der Waals surface area contributed by atoms with Gasteiger partial charge in [0.1, 0.15) is 5.75 Å². The van der Waals surface area contributed by atoms with E-state index in [0.29, 0.717) is 30.9 Å². The van der Waals surface area contributed by atoms with Gasteiger partial charge in [-0.05, 0) is 36.4 Å². The first kappa shape index (κ1) is 19.2. The number of hydrogen-bond acceptors (Lipinski definition) is 4. The molecule has 0 atom stereocenters. The summed E-state index contributed by atoms with van der Waals surface area (Å²) in [6.45, 7) is 6.22. The molecule has 1 aromatic carbocycles. The van der Waals surface area contributed by atoms with Crippen LogP contribution in [0.15, 0.2) is 61.3 Å². The van der Waals surface area contributed by atoms with Crippen LogP contribution in [0.25, 0.3) is 0 Å². The fourth-order valence-electron chi connectivity index (χ4n) is 2.22. The van der Waals surface area contributed by atoms with E-state index in [-0.39, 0.29) is 18.4 Å². The minimum Gasteiger partial charge on any atom is -0.484 e. The Balaban J connectivity index is 1.90. The van der Waals surface area contributed by atoms with Gasteiger partial charge in [0, 0.05) is 24.8 Å². The van der Waals surface area contributed by atoms with Crippen molar-refractivity contribution in [1.82, 2.24) is 9.88 Å². The maximum atomic E-state index is 12.4. The predicted octanol–water partition coefficient (Wildman–Crippen LogP) is 3.02. The van der Waals surface area contributed by atoms with E-state index in [1.807, 2.05) is 18.2 Å². The number of carbonyl (C=O) groups is 2. The van der Waals surface area contributed by atoms with Crippen molar-refractivity contribution in [1.29, 1.82) is 0 Å². The highest BCUT2D eigenvalue weighted by Gasteiger charge is 2.14. The topological polar surface area (TPSA) is 71.5 Å². The van der Waals surface area contributed by atoms with Gasteiger partial charge < -0.3 is 15.0 Å². The Kier molecular flexibility index (Phi) is 7.36. The van der Waals surface area contributed by atoms with E-state index in [1.165, 1.54) is 0 Å². The molecule has 26 heavy (non-hydrogen) atoms. The van der Waals surface area contributed by atoms with E-state index in [0.717, 1.165) is 5.69 Å². The van der Waals surface area contributed by atoms with Gasteiger partial charge in [0.2, 0.25) is 5.91 Å². The van der Waals surface area contributed by atoms with Crippen LogP contribution in [-0.4, -0.2) is 34.8 Å². The van der Waals surface area contributed by atoms with Gasteiger partial charge in [-0.3, -0.25) is 14.6 Å². The Morgan fingerprint density at radius 3 is 2.62 bits per heavy atom. The zero-order chi connectivity index (χ0) is 18.8. The molecule has 0 aliphatic heterocycles. The Morgan fingerprint density at radius 1 is 1.23 bits per heavy atom. The molecule has 0 spiro atoms. The summed E-state index contributed by atoms with van der Waals surface area (Å²) >= 11 is 0. The van der Waals surface area contributed by atoms with Gasteiger partial charge in [-0.2, -0.15) is 0 Å². The van der Waals surface area contributed by atoms with Crippen molar-refractivity contribution >= 4 is 17.5 Å². The Morgan fingerprint density at radius 2 is 2.00 bits per heavy atom. The summed E-state index contributed by atoms with van der Waals surface area (Å²) in [4.78, 5) is 29.7. The number of aromatic nitrogens is 1. The quantitative estimate of drug-likeness (QED) is 0.704. The molecule has 0 bridgehead atoms. The highest BCUT2D eigenvalue weighted by Crippen LogP contribution is 2.16. The van der Waals surface area contributed by atoms with Gasteiger partial charge in [-0.1, -0.05) is 19.1 Å². The number of anilines is 1. The van der Waals surface area contributed by atoms with E-state index in [4.69, 9.17) is 4.74 Å². The van der Waals surface area contributed by atoms with Crippen molar-refractivity contribution in [2.24, 2.45) is 0 Å². The second-order valence-corrected chi connectivity index (χ2v) is 5.60. The van der Waals surface area contributed by atoms with E-state index in [1.54, 1.807) is 48.4 Å². The summed E-state index contributed by atoms with van der Waals surface area (Å²) in [5.41, 5.74) is 1.50. The molecule has 1 aromatic heterocycles. The lowest BCUT2D eigenvalue weighted by Crippen LogP contribution is -2.34. The third-order valence-corrected chi connectivity index (χ3v) is 3.60. The number of carbonyl (C=O) groups excluding carboxylic acids is 2. The summed E-state index contributed by atoms with van der Waals surface area (Å²) < 4.78 is 5.56. The standard InChI is InChI=1S/C20H23N3O3/c1-3-13-23(14-17-7-5-6-12-21-17)20(25)15-26-18-10-8-16(9-11-18)22-19(24)4-2/h3,5-12H,1,4,13-15H2,2H3,(H,22,24). The molecule has 6 nitrogen and oxygen atoms in total. The second-order valence-electron chi connectivity index (χ2n) is 5.60. The van der Waals surface area contributed by atoms with Gasteiger partial charge in [-0.25, -0.2) is 0 Å². The molecule has 0 aliphatic carbocycles. The van der Waals surface area contributed by atoms with Crippen molar-refractivity contribution in [3.8, 4) is 5.75 Å². The van der Waals surface area contributed by atoms with Crippen molar-refractivity contribution in [3.63, 3.8) is 0 Å². The number of ether oxygens (including phenoxy) is 1. The van der Waals surface area contributed by atoms with Gasteiger partial charge in [-0.15, -0.1) is 6.58 Å². The molecular formula is C20H23N3O3.